The van der Waals surface area contributed by atoms with Crippen molar-refractivity contribution in [3.63, 3.8) is 0 Å². The third-order valence-electron chi connectivity index (χ3n) is 4.15. The van der Waals surface area contributed by atoms with Crippen LogP contribution in [0.2, 0.25) is 0 Å². The van der Waals surface area contributed by atoms with Gasteiger partial charge >= 0.3 is 6.18 Å². The normalized spacial score (nSPS) is 12.6. The first-order valence-electron chi connectivity index (χ1n) is 9.07. The molecule has 0 radical (unpaired) electrons. The Morgan fingerprint density at radius 1 is 1.10 bits per heavy atom. The van der Waals surface area contributed by atoms with E-state index < -0.39 is 22.5 Å². The van der Waals surface area contributed by atoms with Crippen molar-refractivity contribution < 1.29 is 26.9 Å². The van der Waals surface area contributed by atoms with Gasteiger partial charge in [0.25, 0.3) is 0 Å². The Morgan fingerprint density at radius 3 is 2.60 bits per heavy atom. The Balaban J connectivity index is 1.69. The fourth-order valence-corrected chi connectivity index (χ4v) is 4.87. The van der Waals surface area contributed by atoms with Gasteiger partial charge < -0.3 is 9.47 Å². The highest BCUT2D eigenvalue weighted by Gasteiger charge is 2.30. The number of benzene rings is 2. The minimum Gasteiger partial charge on any atom is -0.493 e. The molecule has 3 aromatic rings. The minimum absolute atomic E-state index is 0.0354. The number of methoxy groups -OCH3 is 1. The fourth-order valence-electron chi connectivity index (χ4n) is 2.82. The molecule has 1 unspecified atom stereocenters. The zero-order valence-electron chi connectivity index (χ0n) is 16.4. The summed E-state index contributed by atoms with van der Waals surface area (Å²) in [4.78, 5) is 4.52. The van der Waals surface area contributed by atoms with Crippen LogP contribution in [0.4, 0.5) is 13.2 Å². The van der Waals surface area contributed by atoms with Crippen LogP contribution in [0, 0.1) is 0 Å². The highest BCUT2D eigenvalue weighted by molar-refractivity contribution is 7.83. The van der Waals surface area contributed by atoms with Gasteiger partial charge in [-0.3, -0.25) is 4.21 Å². The van der Waals surface area contributed by atoms with Crippen LogP contribution >= 0.6 is 11.3 Å². The van der Waals surface area contributed by atoms with Crippen LogP contribution in [0.5, 0.6) is 11.5 Å². The highest BCUT2D eigenvalue weighted by Crippen LogP contribution is 2.34. The van der Waals surface area contributed by atoms with Gasteiger partial charge in [0.05, 0.1) is 30.7 Å². The number of nitrogens with zero attached hydrogens (tertiary/aromatic N) is 1. The zero-order valence-corrected chi connectivity index (χ0v) is 18.0. The molecule has 0 aliphatic rings. The van der Waals surface area contributed by atoms with Crippen LogP contribution < -0.4 is 9.47 Å². The quantitative estimate of drug-likeness (QED) is 0.438. The molecule has 1 aromatic heterocycles. The molecule has 2 aromatic carbocycles. The van der Waals surface area contributed by atoms with Crippen molar-refractivity contribution in [1.29, 1.82) is 0 Å². The lowest BCUT2D eigenvalue weighted by Crippen LogP contribution is -2.06. The number of hydrogen-bond acceptors (Lipinski definition) is 5. The van der Waals surface area contributed by atoms with E-state index in [9.17, 15) is 17.4 Å². The molecule has 0 bridgehead atoms. The van der Waals surface area contributed by atoms with Crippen molar-refractivity contribution in [2.45, 2.75) is 24.6 Å². The molecule has 1 atom stereocenters. The van der Waals surface area contributed by atoms with Crippen molar-refractivity contribution in [3.8, 4) is 22.1 Å². The maximum absolute atomic E-state index is 12.8. The topological polar surface area (TPSA) is 48.4 Å². The molecule has 0 amide bonds. The number of rotatable bonds is 8. The lowest BCUT2D eigenvalue weighted by atomic mass is 10.1. The van der Waals surface area contributed by atoms with E-state index in [0.717, 1.165) is 22.7 Å². The van der Waals surface area contributed by atoms with Crippen molar-refractivity contribution in [3.05, 3.63) is 64.7 Å². The molecule has 160 valence electrons. The summed E-state index contributed by atoms with van der Waals surface area (Å²) in [6.07, 6.45) is -4.42. The summed E-state index contributed by atoms with van der Waals surface area (Å²) in [7, 11) is 0.181. The maximum atomic E-state index is 12.8. The van der Waals surface area contributed by atoms with E-state index in [2.05, 4.69) is 4.98 Å². The van der Waals surface area contributed by atoms with Crippen molar-refractivity contribution in [2.24, 2.45) is 0 Å². The Labute approximate surface area is 179 Å². The number of ether oxygens (including phenoxy) is 2. The number of halogens is 3. The predicted molar refractivity (Wildman–Crippen MR) is 112 cm³/mol. The van der Waals surface area contributed by atoms with Crippen molar-refractivity contribution in [1.82, 2.24) is 4.98 Å². The summed E-state index contributed by atoms with van der Waals surface area (Å²) in [5, 5.41) is 2.55. The van der Waals surface area contributed by atoms with Crippen LogP contribution in [-0.4, -0.2) is 22.9 Å². The van der Waals surface area contributed by atoms with Crippen molar-refractivity contribution >= 4 is 22.1 Å². The molecular weight excluding hydrogens is 435 g/mol. The van der Waals surface area contributed by atoms with Gasteiger partial charge in [-0.1, -0.05) is 18.2 Å². The first-order chi connectivity index (χ1) is 14.3. The van der Waals surface area contributed by atoms with E-state index in [1.54, 1.807) is 13.2 Å². The lowest BCUT2D eigenvalue weighted by Gasteiger charge is -2.10. The summed E-state index contributed by atoms with van der Waals surface area (Å²) in [5.74, 6) is 1.44. The molecule has 0 N–H and O–H groups in total. The van der Waals surface area contributed by atoms with Gasteiger partial charge in [0, 0.05) is 27.5 Å². The van der Waals surface area contributed by atoms with E-state index in [4.69, 9.17) is 9.47 Å². The highest BCUT2D eigenvalue weighted by atomic mass is 32.2. The monoisotopic (exact) mass is 455 g/mol. The molecule has 4 nitrogen and oxygen atoms in total. The number of hydrogen-bond donors (Lipinski definition) is 0. The third-order valence-corrected chi connectivity index (χ3v) is 6.37. The van der Waals surface area contributed by atoms with E-state index in [0.29, 0.717) is 29.4 Å². The molecule has 3 rings (SSSR count). The largest absolute Gasteiger partial charge is 0.493 e. The molecule has 0 saturated carbocycles. The average molecular weight is 456 g/mol. The predicted octanol–water partition coefficient (Wildman–Crippen LogP) is 5.69. The van der Waals surface area contributed by atoms with E-state index in [-0.39, 0.29) is 11.5 Å². The minimum atomic E-state index is -4.42. The number of aromatic nitrogens is 1. The molecule has 0 aliphatic heterocycles. The summed E-state index contributed by atoms with van der Waals surface area (Å²) < 4.78 is 61.8. The Kier molecular flexibility index (Phi) is 7.14. The van der Waals surface area contributed by atoms with Crippen LogP contribution in [0.25, 0.3) is 10.6 Å². The summed E-state index contributed by atoms with van der Waals surface area (Å²) >= 11 is 1.40. The second kappa shape index (κ2) is 9.61. The molecule has 0 aliphatic carbocycles. The summed E-state index contributed by atoms with van der Waals surface area (Å²) in [5.41, 5.74) is 1.12. The van der Waals surface area contributed by atoms with E-state index in [1.807, 2.05) is 30.5 Å². The van der Waals surface area contributed by atoms with Crippen LogP contribution in [0.1, 0.15) is 23.7 Å². The molecule has 0 fully saturated rings. The van der Waals surface area contributed by atoms with Gasteiger partial charge in [-0.05, 0) is 36.8 Å². The zero-order chi connectivity index (χ0) is 21.7. The first-order valence-corrected chi connectivity index (χ1v) is 11.4. The Morgan fingerprint density at radius 2 is 1.90 bits per heavy atom. The fraction of sp³-hybridized carbons (Fsp3) is 0.286. The van der Waals surface area contributed by atoms with Gasteiger partial charge in [0.2, 0.25) is 0 Å². The van der Waals surface area contributed by atoms with Gasteiger partial charge in [-0.2, -0.15) is 13.2 Å². The smallest absolute Gasteiger partial charge is 0.416 e. The molecule has 1 heterocycles. The van der Waals surface area contributed by atoms with Crippen LogP contribution in [-0.2, 0) is 28.5 Å². The number of thiazole rings is 1. The van der Waals surface area contributed by atoms with E-state index in [1.165, 1.54) is 17.4 Å². The maximum Gasteiger partial charge on any atom is 0.416 e. The molecule has 0 saturated heterocycles. The van der Waals surface area contributed by atoms with Crippen LogP contribution in [0.15, 0.2) is 47.8 Å². The van der Waals surface area contributed by atoms with E-state index >= 15 is 0 Å². The molecule has 30 heavy (non-hydrogen) atoms. The molecule has 0 spiro atoms. The SMILES string of the molecule is CCOc1ccc(-c2nc(CS(=O)Cc3cccc(C(F)(F)F)c3)cs2)cc1OC. The van der Waals surface area contributed by atoms with Gasteiger partial charge in [0.1, 0.15) is 5.01 Å². The second-order valence-corrected chi connectivity index (χ2v) is 8.68. The van der Waals surface area contributed by atoms with Gasteiger partial charge in [-0.15, -0.1) is 11.3 Å². The third kappa shape index (κ3) is 5.60. The average Bonchev–Trinajstić information content (AvgIpc) is 3.16. The standard InChI is InChI=1S/C21H20F3NO3S2/c1-3-28-18-8-7-15(10-19(18)27-2)20-25-17(11-29-20)13-30(26)12-14-5-4-6-16(9-14)21(22,23)24/h4-11H,3,12-13H2,1-2H3. The number of alkyl halides is 3. The Hall–Kier alpha value is -2.39. The van der Waals surface area contributed by atoms with Crippen molar-refractivity contribution in [2.75, 3.05) is 13.7 Å². The van der Waals surface area contributed by atoms with Gasteiger partial charge in [-0.25, -0.2) is 4.98 Å². The second-order valence-electron chi connectivity index (χ2n) is 6.37. The molecular formula is C21H20F3NO3S2. The summed E-state index contributed by atoms with van der Waals surface area (Å²) in [6, 6.07) is 10.4. The summed E-state index contributed by atoms with van der Waals surface area (Å²) in [6.45, 7) is 2.41. The van der Waals surface area contributed by atoms with Crippen LogP contribution in [0.3, 0.4) is 0 Å². The Bertz CT molecular complexity index is 1030. The first kappa shape index (κ1) is 22.3. The molecule has 9 heteroatoms. The van der Waals surface area contributed by atoms with Gasteiger partial charge in [0.15, 0.2) is 11.5 Å². The lowest BCUT2D eigenvalue weighted by molar-refractivity contribution is -0.137.